The van der Waals surface area contributed by atoms with E-state index >= 15 is 0 Å². The Morgan fingerprint density at radius 1 is 0.875 bits per heavy atom. The number of morpholine rings is 1. The minimum atomic E-state index is -1.99. The molecule has 4 atom stereocenters. The Morgan fingerprint density at radius 2 is 1.61 bits per heavy atom. The van der Waals surface area contributed by atoms with Crippen molar-refractivity contribution in [3.05, 3.63) is 113 Å². The Balaban J connectivity index is 0.729. The van der Waals surface area contributed by atoms with Crippen LogP contribution >= 0.6 is 11.3 Å². The highest BCUT2D eigenvalue weighted by molar-refractivity contribution is 7.13. The van der Waals surface area contributed by atoms with Crippen LogP contribution in [0.5, 0.6) is 6.01 Å². The van der Waals surface area contributed by atoms with Gasteiger partial charge in [-0.15, -0.1) is 11.3 Å². The summed E-state index contributed by atoms with van der Waals surface area (Å²) in [7, 11) is 0. The number of aliphatic hydroxyl groups is 1. The number of hydrogen-bond acceptors (Lipinski definition) is 14. The molecular weight excluding hydrogens is 1040 g/mol. The largest absolute Gasteiger partial charge is 0.460 e. The number of anilines is 3. The van der Waals surface area contributed by atoms with Gasteiger partial charge in [-0.2, -0.15) is 15.1 Å². The average molecular weight is 1110 g/mol. The number of piperidine rings is 1. The molecule has 6 heterocycles. The van der Waals surface area contributed by atoms with Crippen LogP contribution in [-0.2, 0) is 23.9 Å². The maximum Gasteiger partial charge on any atom is 0.320 e. The first-order chi connectivity index (χ1) is 38.5. The van der Waals surface area contributed by atoms with Crippen molar-refractivity contribution in [1.82, 2.24) is 40.3 Å². The summed E-state index contributed by atoms with van der Waals surface area (Å²) in [5, 5.41) is 24.6. The molecule has 0 radical (unpaired) electrons. The third-order valence-corrected chi connectivity index (χ3v) is 16.5. The van der Waals surface area contributed by atoms with E-state index < -0.39 is 53.0 Å². The number of alkyl halides is 1. The van der Waals surface area contributed by atoms with Gasteiger partial charge in [0.2, 0.25) is 17.7 Å². The Bertz CT molecular complexity index is 3150. The number of hydrogen-bond donors (Lipinski definition) is 4. The number of nitrogens with one attached hydrogen (secondary N) is 3. The van der Waals surface area contributed by atoms with Crippen molar-refractivity contribution < 1.29 is 38.1 Å². The smallest absolute Gasteiger partial charge is 0.320 e. The summed E-state index contributed by atoms with van der Waals surface area (Å²) >= 11 is 1.55. The molecule has 3 aromatic heterocycles. The molecule has 80 heavy (non-hydrogen) atoms. The number of nitrogens with zero attached hydrogens (tertiary/aromatic N) is 8. The van der Waals surface area contributed by atoms with E-state index in [4.69, 9.17) is 24.5 Å². The Labute approximate surface area is 470 Å². The standard InChI is InChI=1S/C60H72FN11O7S/c1-38-9-8-10-42(33-38)48-23-28-72(68-48)51-35-50(70-29-31-78-32-30-70)65-58(66-51)79-46-21-26-69(27-22-46)44-19-17-43(18-20-44)63-52(74)12-7-6-11-47(40-13-15-41(16-14-40)53-39(2)62-37-80-53)64-55(75)49-34-45(73)36-71(49)56(76)54(59(3,4)5)67-57(77)60(61)24-25-60/h8-10,13-20,23,28,33,35,37,45-47,49,54,73H,6-7,11-12,21-22,24-27,29-32,34,36H2,1-5H3,(H,63,74)(H,64,75)(H,67,77)/t45-,47+,49+,54-/m1/s1. The second-order valence-electron chi connectivity index (χ2n) is 22.7. The number of halogens is 1. The van der Waals surface area contributed by atoms with Crippen LogP contribution in [0.2, 0.25) is 0 Å². The van der Waals surface area contributed by atoms with Gasteiger partial charge in [0.1, 0.15) is 24.0 Å². The molecule has 4 amide bonds. The van der Waals surface area contributed by atoms with Crippen LogP contribution in [0.25, 0.3) is 27.5 Å². The van der Waals surface area contributed by atoms with Gasteiger partial charge in [0.05, 0.1) is 47.1 Å². The minimum absolute atomic E-state index is 0.00798. The van der Waals surface area contributed by atoms with Gasteiger partial charge in [-0.3, -0.25) is 19.2 Å². The lowest BCUT2D eigenvalue weighted by molar-refractivity contribution is -0.145. The topological polar surface area (TPSA) is 209 Å². The van der Waals surface area contributed by atoms with Crippen LogP contribution in [0, 0.1) is 19.3 Å². The van der Waals surface area contributed by atoms with Crippen molar-refractivity contribution in [3.63, 3.8) is 0 Å². The van der Waals surface area contributed by atoms with Gasteiger partial charge in [-0.1, -0.05) is 75.2 Å². The van der Waals surface area contributed by atoms with Crippen LogP contribution in [0.4, 0.5) is 21.6 Å². The number of aliphatic hydroxyl groups excluding tert-OH is 1. The van der Waals surface area contributed by atoms with Gasteiger partial charge < -0.3 is 45.2 Å². The quantitative estimate of drug-likeness (QED) is 0.0564. The highest BCUT2D eigenvalue weighted by Crippen LogP contribution is 2.41. The molecule has 4 aliphatic rings. The van der Waals surface area contributed by atoms with E-state index in [1.807, 2.05) is 79.9 Å². The first-order valence-corrected chi connectivity index (χ1v) is 28.8. The number of likely N-dealkylation sites (tertiary alicyclic amines) is 1. The summed E-state index contributed by atoms with van der Waals surface area (Å²) in [6.07, 6.45) is 4.49. The second-order valence-corrected chi connectivity index (χ2v) is 23.6. The molecule has 3 aliphatic heterocycles. The molecule has 0 bridgehead atoms. The molecule has 10 rings (SSSR count). The monoisotopic (exact) mass is 1110 g/mol. The van der Waals surface area contributed by atoms with Crippen molar-refractivity contribution in [2.45, 2.75) is 128 Å². The van der Waals surface area contributed by atoms with E-state index in [-0.39, 0.29) is 44.2 Å². The van der Waals surface area contributed by atoms with E-state index in [0.29, 0.717) is 50.0 Å². The molecule has 0 unspecified atom stereocenters. The lowest BCUT2D eigenvalue weighted by Crippen LogP contribution is -2.59. The summed E-state index contributed by atoms with van der Waals surface area (Å²) in [4.78, 5) is 75.7. The Kier molecular flexibility index (Phi) is 16.9. The predicted octanol–water partition coefficient (Wildman–Crippen LogP) is 8.31. The summed E-state index contributed by atoms with van der Waals surface area (Å²) < 4.78 is 28.7. The molecule has 3 saturated heterocycles. The molecule has 4 fully saturated rings. The normalized spacial score (nSPS) is 19.1. The fraction of sp³-hybridized carbons (Fsp3) is 0.467. The second kappa shape index (κ2) is 24.2. The SMILES string of the molecule is Cc1cccc(-c2ccn(-c3cc(N4CCOCC4)nc(OC4CCN(c5ccc(NC(=O)CCCC[C@H](NC(=O)[C@@H]6C[C@@H](O)CN6C(=O)[C@@H](NC(=O)C6(F)CC6)C(C)(C)C)c6ccc(-c7scnc7C)cc6)cc5)CC4)n3)n2)c1. The van der Waals surface area contributed by atoms with Gasteiger partial charge in [0, 0.05) is 87.6 Å². The van der Waals surface area contributed by atoms with E-state index in [1.54, 1.807) is 42.3 Å². The van der Waals surface area contributed by atoms with Crippen LogP contribution in [0.3, 0.4) is 0 Å². The molecule has 0 spiro atoms. The van der Waals surface area contributed by atoms with Gasteiger partial charge in [-0.25, -0.2) is 14.1 Å². The summed E-state index contributed by atoms with van der Waals surface area (Å²) in [5.41, 5.74) is 6.56. The number of benzene rings is 3. The summed E-state index contributed by atoms with van der Waals surface area (Å²) in [5.74, 6) is -0.553. The molecule has 1 aliphatic carbocycles. The van der Waals surface area contributed by atoms with E-state index in [9.17, 15) is 28.7 Å². The van der Waals surface area contributed by atoms with Crippen molar-refractivity contribution in [3.8, 4) is 33.5 Å². The number of amides is 4. The zero-order chi connectivity index (χ0) is 56.1. The first-order valence-electron chi connectivity index (χ1n) is 27.9. The summed E-state index contributed by atoms with van der Waals surface area (Å²) in [6.45, 7) is 13.4. The van der Waals surface area contributed by atoms with Gasteiger partial charge in [0.15, 0.2) is 11.5 Å². The Morgan fingerprint density at radius 3 is 2.30 bits per heavy atom. The van der Waals surface area contributed by atoms with Gasteiger partial charge >= 0.3 is 6.01 Å². The third-order valence-electron chi connectivity index (χ3n) is 15.5. The number of aromatic nitrogens is 5. The molecule has 4 N–H and O–H groups in total. The zero-order valence-electron chi connectivity index (χ0n) is 46.2. The number of β-amino-alcohol motifs (C(OH)–C–C–N with tert-alkyl or cyclic N) is 1. The molecule has 422 valence electrons. The summed E-state index contributed by atoms with van der Waals surface area (Å²) in [6, 6.07) is 25.7. The average Bonchev–Trinajstić information content (AvgIpc) is 4.01. The maximum absolute atomic E-state index is 14.8. The highest BCUT2D eigenvalue weighted by Gasteiger charge is 2.53. The van der Waals surface area contributed by atoms with E-state index in [1.165, 1.54) is 4.90 Å². The van der Waals surface area contributed by atoms with Crippen LogP contribution < -0.4 is 30.5 Å². The van der Waals surface area contributed by atoms with E-state index in [2.05, 4.69) is 55.9 Å². The minimum Gasteiger partial charge on any atom is -0.460 e. The van der Waals surface area contributed by atoms with Crippen LogP contribution in [0.15, 0.2) is 96.6 Å². The zero-order valence-corrected chi connectivity index (χ0v) is 47.0. The maximum atomic E-state index is 14.8. The lowest BCUT2D eigenvalue weighted by atomic mass is 9.85. The Hall–Kier alpha value is -7.29. The van der Waals surface area contributed by atoms with Gasteiger partial charge in [-0.05, 0) is 92.5 Å². The number of ether oxygens (including phenoxy) is 2. The van der Waals surface area contributed by atoms with Crippen LogP contribution in [0.1, 0.15) is 101 Å². The number of carbonyl (C=O) groups is 4. The molecule has 3 aromatic carbocycles. The number of carbonyl (C=O) groups excluding carboxylic acids is 4. The fourth-order valence-corrected chi connectivity index (χ4v) is 11.5. The molecule has 1 saturated carbocycles. The van der Waals surface area contributed by atoms with E-state index in [0.717, 1.165) is 89.0 Å². The predicted molar refractivity (Wildman–Crippen MR) is 306 cm³/mol. The fourth-order valence-electron chi connectivity index (χ4n) is 10.7. The van der Waals surface area contributed by atoms with Crippen molar-refractivity contribution >= 4 is 52.2 Å². The number of unbranched alkanes of at least 4 members (excludes halogenated alkanes) is 1. The number of rotatable bonds is 19. The molecule has 6 aromatic rings. The number of aryl methyl sites for hydroxylation is 2. The van der Waals surface area contributed by atoms with Crippen LogP contribution in [-0.4, -0.2) is 134 Å². The van der Waals surface area contributed by atoms with Crippen molar-refractivity contribution in [2.24, 2.45) is 5.41 Å². The van der Waals surface area contributed by atoms with Crippen molar-refractivity contribution in [1.29, 1.82) is 0 Å². The lowest BCUT2D eigenvalue weighted by Gasteiger charge is -2.36. The van der Waals surface area contributed by atoms with Gasteiger partial charge in [0.25, 0.3) is 5.91 Å². The number of thiazole rings is 1. The highest BCUT2D eigenvalue weighted by atomic mass is 32.1. The third kappa shape index (κ3) is 13.5. The van der Waals surface area contributed by atoms with Crippen molar-refractivity contribution in [2.75, 3.05) is 61.1 Å². The molecule has 18 nitrogen and oxygen atoms in total. The first kappa shape index (κ1) is 56.0. The molecular formula is C60H72FN11O7S. The molecule has 20 heteroatoms.